The third kappa shape index (κ3) is 2.84. The predicted octanol–water partition coefficient (Wildman–Crippen LogP) is 3.72. The van der Waals surface area contributed by atoms with Gasteiger partial charge in [0.05, 0.1) is 37.0 Å². The van der Waals surface area contributed by atoms with Gasteiger partial charge in [-0.3, -0.25) is 0 Å². The van der Waals surface area contributed by atoms with Crippen molar-refractivity contribution in [2.45, 2.75) is 6.92 Å². The molecule has 0 saturated heterocycles. The van der Waals surface area contributed by atoms with E-state index in [2.05, 4.69) is 15.3 Å². The fraction of sp³-hybridized carbons (Fsp3) is 0.308. The van der Waals surface area contributed by atoms with E-state index in [0.717, 1.165) is 0 Å². The van der Waals surface area contributed by atoms with Gasteiger partial charge in [-0.15, -0.1) is 0 Å². The van der Waals surface area contributed by atoms with Crippen molar-refractivity contribution < 1.29 is 14.2 Å². The Hall–Kier alpha value is -1.57. The molecule has 1 N–H and O–H groups in total. The highest BCUT2D eigenvalue weighted by Gasteiger charge is 2.23. The summed E-state index contributed by atoms with van der Waals surface area (Å²) in [5.74, 6) is 0.708. The Bertz CT molecular complexity index is 755. The maximum Gasteiger partial charge on any atom is 0.278 e. The van der Waals surface area contributed by atoms with Gasteiger partial charge in [-0.05, 0) is 6.92 Å². The maximum absolute atomic E-state index is 6.30. The van der Waals surface area contributed by atoms with Crippen LogP contribution in [0.15, 0.2) is 0 Å². The number of benzene rings is 1. The molecule has 0 bridgehead atoms. The SMILES string of the molecule is COc1nc2c(NC(C)=S)c(Cl)c(Cl)c(OC)c2nc1OC. The Morgan fingerprint density at radius 1 is 0.955 bits per heavy atom. The summed E-state index contributed by atoms with van der Waals surface area (Å²) in [7, 11) is 4.39. The largest absolute Gasteiger partial charge is 0.493 e. The first-order valence-electron chi connectivity index (χ1n) is 6.06. The molecule has 2 aromatic rings. The number of nitrogens with one attached hydrogen (secondary N) is 1. The maximum atomic E-state index is 6.30. The van der Waals surface area contributed by atoms with Crippen molar-refractivity contribution in [2.75, 3.05) is 26.6 Å². The van der Waals surface area contributed by atoms with Crippen LogP contribution < -0.4 is 19.5 Å². The first-order chi connectivity index (χ1) is 10.4. The number of thiocarbonyl (C=S) groups is 1. The van der Waals surface area contributed by atoms with Gasteiger partial charge >= 0.3 is 0 Å². The van der Waals surface area contributed by atoms with Crippen molar-refractivity contribution in [1.29, 1.82) is 0 Å². The first-order valence-corrected chi connectivity index (χ1v) is 7.23. The summed E-state index contributed by atoms with van der Waals surface area (Å²) in [6.45, 7) is 1.71. The van der Waals surface area contributed by atoms with Crippen molar-refractivity contribution in [3.63, 3.8) is 0 Å². The van der Waals surface area contributed by atoms with E-state index < -0.39 is 0 Å². The van der Waals surface area contributed by atoms with Gasteiger partial charge in [-0.2, -0.15) is 0 Å². The molecule has 22 heavy (non-hydrogen) atoms. The second kappa shape index (κ2) is 6.68. The van der Waals surface area contributed by atoms with Gasteiger partial charge in [0.15, 0.2) is 5.75 Å². The molecular weight excluding hydrogens is 349 g/mol. The number of anilines is 1. The molecule has 0 aliphatic carbocycles. The highest BCUT2D eigenvalue weighted by Crippen LogP contribution is 2.45. The smallest absolute Gasteiger partial charge is 0.278 e. The average molecular weight is 362 g/mol. The fourth-order valence-corrected chi connectivity index (χ4v) is 2.48. The first kappa shape index (κ1) is 16.8. The van der Waals surface area contributed by atoms with Gasteiger partial charge < -0.3 is 19.5 Å². The van der Waals surface area contributed by atoms with Crippen LogP contribution in [0, 0.1) is 0 Å². The van der Waals surface area contributed by atoms with Crippen molar-refractivity contribution in [2.24, 2.45) is 0 Å². The summed E-state index contributed by atoms with van der Waals surface area (Å²) in [4.78, 5) is 9.22. The summed E-state index contributed by atoms with van der Waals surface area (Å²) >= 11 is 17.6. The Kier molecular flexibility index (Phi) is 5.10. The molecule has 0 amide bonds. The monoisotopic (exact) mass is 361 g/mol. The molecule has 0 saturated carbocycles. The minimum absolute atomic E-state index is 0.205. The van der Waals surface area contributed by atoms with E-state index in [0.29, 0.717) is 27.5 Å². The van der Waals surface area contributed by atoms with Crippen LogP contribution in [0.3, 0.4) is 0 Å². The molecule has 1 heterocycles. The minimum atomic E-state index is 0.205. The molecule has 9 heteroatoms. The number of fused-ring (bicyclic) bond motifs is 1. The van der Waals surface area contributed by atoms with E-state index in [1.807, 2.05) is 0 Å². The van der Waals surface area contributed by atoms with Gasteiger partial charge in [0, 0.05) is 0 Å². The number of aromatic nitrogens is 2. The number of hydrogen-bond acceptors (Lipinski definition) is 6. The Labute approximate surface area is 142 Å². The van der Waals surface area contributed by atoms with E-state index in [9.17, 15) is 0 Å². The number of nitrogens with zero attached hydrogens (tertiary/aromatic N) is 2. The van der Waals surface area contributed by atoms with Gasteiger partial charge in [-0.1, -0.05) is 35.4 Å². The van der Waals surface area contributed by atoms with Gasteiger partial charge in [0.1, 0.15) is 16.1 Å². The van der Waals surface area contributed by atoms with Crippen LogP contribution in [0.4, 0.5) is 5.69 Å². The lowest BCUT2D eigenvalue weighted by Gasteiger charge is -2.16. The highest BCUT2D eigenvalue weighted by atomic mass is 35.5. The lowest BCUT2D eigenvalue weighted by atomic mass is 10.2. The van der Waals surface area contributed by atoms with E-state index in [1.165, 1.54) is 21.3 Å². The quantitative estimate of drug-likeness (QED) is 0.832. The zero-order valence-corrected chi connectivity index (χ0v) is 14.6. The summed E-state index contributed by atoms with van der Waals surface area (Å²) in [6, 6.07) is 0. The van der Waals surface area contributed by atoms with Crippen molar-refractivity contribution >= 4 is 57.1 Å². The lowest BCUT2D eigenvalue weighted by Crippen LogP contribution is -2.08. The molecule has 6 nitrogen and oxygen atoms in total. The zero-order valence-electron chi connectivity index (χ0n) is 12.3. The second-order valence-corrected chi connectivity index (χ2v) is 5.53. The molecule has 0 unspecified atom stereocenters. The van der Waals surface area contributed by atoms with E-state index >= 15 is 0 Å². The molecule has 0 aliphatic heterocycles. The molecule has 0 radical (unpaired) electrons. The topological polar surface area (TPSA) is 65.5 Å². The second-order valence-electron chi connectivity index (χ2n) is 4.16. The normalized spacial score (nSPS) is 10.5. The van der Waals surface area contributed by atoms with E-state index in [-0.39, 0.29) is 21.8 Å². The summed E-state index contributed by atoms with van der Waals surface area (Å²) in [6.07, 6.45) is 0. The number of hydrogen-bond donors (Lipinski definition) is 1. The van der Waals surface area contributed by atoms with Crippen LogP contribution in [0.5, 0.6) is 17.5 Å². The molecule has 118 valence electrons. The van der Waals surface area contributed by atoms with Crippen molar-refractivity contribution in [3.8, 4) is 17.5 Å². The predicted molar refractivity (Wildman–Crippen MR) is 91.1 cm³/mol. The standard InChI is InChI=1S/C13H13Cl2N3O3S/c1-5(22)16-8-6(14)7(15)11(19-2)10-9(8)17-12(20-3)13(18-10)21-4/h1-4H3,(H,16,22). The zero-order chi connectivity index (χ0) is 16.4. The Morgan fingerprint density at radius 3 is 1.95 bits per heavy atom. The molecule has 1 aromatic heterocycles. The van der Waals surface area contributed by atoms with Crippen LogP contribution in [0.2, 0.25) is 10.0 Å². The van der Waals surface area contributed by atoms with Crippen molar-refractivity contribution in [1.82, 2.24) is 9.97 Å². The van der Waals surface area contributed by atoms with E-state index in [4.69, 9.17) is 49.6 Å². The molecule has 2 rings (SSSR count). The summed E-state index contributed by atoms with van der Waals surface area (Å²) in [5.41, 5.74) is 1.23. The van der Waals surface area contributed by atoms with E-state index in [1.54, 1.807) is 6.92 Å². The Morgan fingerprint density at radius 2 is 1.50 bits per heavy atom. The molecule has 0 spiro atoms. The lowest BCUT2D eigenvalue weighted by molar-refractivity contribution is 0.333. The van der Waals surface area contributed by atoms with Crippen LogP contribution in [0.25, 0.3) is 11.0 Å². The third-order valence-corrected chi connectivity index (χ3v) is 3.73. The number of methoxy groups -OCH3 is 3. The van der Waals surface area contributed by atoms with Gasteiger partial charge in [-0.25, -0.2) is 9.97 Å². The Balaban J connectivity index is 2.93. The minimum Gasteiger partial charge on any atom is -0.493 e. The third-order valence-electron chi connectivity index (χ3n) is 2.79. The molecule has 0 fully saturated rings. The van der Waals surface area contributed by atoms with Crippen LogP contribution in [-0.2, 0) is 0 Å². The molecule has 0 atom stereocenters. The number of halogens is 2. The average Bonchev–Trinajstić information content (AvgIpc) is 2.50. The van der Waals surface area contributed by atoms with Gasteiger partial charge in [0.2, 0.25) is 0 Å². The fourth-order valence-electron chi connectivity index (χ4n) is 1.90. The molecule has 0 aliphatic rings. The summed E-state index contributed by atoms with van der Waals surface area (Å²) in [5, 5.41) is 3.40. The number of ether oxygens (including phenoxy) is 3. The highest BCUT2D eigenvalue weighted by molar-refractivity contribution is 7.80. The summed E-state index contributed by atoms with van der Waals surface area (Å²) < 4.78 is 15.6. The van der Waals surface area contributed by atoms with Gasteiger partial charge in [0.25, 0.3) is 11.8 Å². The number of rotatable bonds is 4. The van der Waals surface area contributed by atoms with Crippen LogP contribution in [-0.4, -0.2) is 36.3 Å². The molecule has 1 aromatic carbocycles. The van der Waals surface area contributed by atoms with Crippen LogP contribution in [0.1, 0.15) is 6.92 Å². The van der Waals surface area contributed by atoms with Crippen LogP contribution >= 0.6 is 35.4 Å². The molecular formula is C13H13Cl2N3O3S. The van der Waals surface area contributed by atoms with Crippen molar-refractivity contribution in [3.05, 3.63) is 10.0 Å².